The highest BCUT2D eigenvalue weighted by Crippen LogP contribution is 2.34. The summed E-state index contributed by atoms with van der Waals surface area (Å²) in [6.07, 6.45) is 1.83. The van der Waals surface area contributed by atoms with Gasteiger partial charge in [-0.2, -0.15) is 9.64 Å². The van der Waals surface area contributed by atoms with Crippen LogP contribution in [0.25, 0.3) is 21.7 Å². The number of hydrogen-bond donors (Lipinski definition) is 1. The third-order valence-corrected chi connectivity index (χ3v) is 4.77. The van der Waals surface area contributed by atoms with Crippen molar-refractivity contribution >= 4 is 23.3 Å². The number of H-pyrrole nitrogens is 1. The van der Waals surface area contributed by atoms with E-state index in [1.54, 1.807) is 0 Å². The Morgan fingerprint density at radius 1 is 1.30 bits per heavy atom. The smallest absolute Gasteiger partial charge is 0.270 e. The molecule has 0 aliphatic heterocycles. The molecular weight excluding hydrogens is 328 g/mol. The molecule has 0 saturated heterocycles. The maximum atomic E-state index is 12.1. The second-order valence-electron chi connectivity index (χ2n) is 4.79. The summed E-state index contributed by atoms with van der Waals surface area (Å²) in [5, 5.41) is 9.85. The molecule has 2 heterocycles. The van der Waals surface area contributed by atoms with Gasteiger partial charge in [-0.1, -0.05) is 36.0 Å². The Balaban J connectivity index is 2.30. The lowest BCUT2D eigenvalue weighted by Gasteiger charge is -2.09. The zero-order chi connectivity index (χ0) is 16.4. The third-order valence-electron chi connectivity index (χ3n) is 3.28. The van der Waals surface area contributed by atoms with Gasteiger partial charge in [-0.25, -0.2) is 4.98 Å². The fraction of sp³-hybridized carbons (Fsp3) is 0.125. The highest BCUT2D eigenvalue weighted by atomic mass is 32.2. The van der Waals surface area contributed by atoms with Crippen LogP contribution in [0.2, 0.25) is 0 Å². The molecule has 114 valence electrons. The van der Waals surface area contributed by atoms with Gasteiger partial charge in [0.15, 0.2) is 5.16 Å². The van der Waals surface area contributed by atoms with Gasteiger partial charge in [0.2, 0.25) is 0 Å². The van der Waals surface area contributed by atoms with Crippen molar-refractivity contribution in [2.24, 2.45) is 0 Å². The molecule has 0 radical (unpaired) electrons. The Morgan fingerprint density at radius 2 is 2.04 bits per heavy atom. The Morgan fingerprint density at radius 3 is 2.65 bits per heavy atom. The van der Waals surface area contributed by atoms with E-state index in [9.17, 15) is 10.1 Å². The van der Waals surface area contributed by atoms with E-state index in [4.69, 9.17) is 0 Å². The largest absolute Gasteiger partial charge is 0.300 e. The predicted molar refractivity (Wildman–Crippen MR) is 92.6 cm³/mol. The van der Waals surface area contributed by atoms with Crippen molar-refractivity contribution in [3.05, 3.63) is 51.9 Å². The van der Waals surface area contributed by atoms with E-state index >= 15 is 0 Å². The first-order chi connectivity index (χ1) is 11.1. The van der Waals surface area contributed by atoms with Crippen LogP contribution in [0.3, 0.4) is 0 Å². The fourth-order valence-electron chi connectivity index (χ4n) is 2.24. The molecule has 5 nitrogen and oxygen atoms in total. The quantitative estimate of drug-likeness (QED) is 0.583. The van der Waals surface area contributed by atoms with Crippen LogP contribution in [0.4, 0.5) is 0 Å². The van der Waals surface area contributed by atoms with E-state index < -0.39 is 5.56 Å². The Hall–Kier alpha value is -2.43. The van der Waals surface area contributed by atoms with E-state index in [0.29, 0.717) is 10.9 Å². The van der Waals surface area contributed by atoms with Crippen LogP contribution < -0.4 is 5.56 Å². The van der Waals surface area contributed by atoms with Crippen molar-refractivity contribution in [2.75, 3.05) is 6.26 Å². The Labute approximate surface area is 141 Å². The molecule has 23 heavy (non-hydrogen) atoms. The summed E-state index contributed by atoms with van der Waals surface area (Å²) in [7, 11) is 0. The Kier molecular flexibility index (Phi) is 4.28. The second-order valence-corrected chi connectivity index (χ2v) is 6.39. The number of aromatic nitrogens is 3. The molecule has 1 aromatic carbocycles. The van der Waals surface area contributed by atoms with Crippen molar-refractivity contribution < 1.29 is 0 Å². The van der Waals surface area contributed by atoms with Crippen molar-refractivity contribution in [2.45, 2.75) is 12.1 Å². The van der Waals surface area contributed by atoms with Gasteiger partial charge in [-0.15, -0.1) is 0 Å². The average Bonchev–Trinajstić information content (AvgIpc) is 3.00. The average molecular weight is 340 g/mol. The first kappa shape index (κ1) is 15.5. The van der Waals surface area contributed by atoms with Crippen LogP contribution in [-0.4, -0.2) is 20.6 Å². The molecule has 3 aromatic rings. The van der Waals surface area contributed by atoms with E-state index in [2.05, 4.69) is 14.3 Å². The topological polar surface area (TPSA) is 82.4 Å². The SMILES string of the molecule is CSc1nc(-c2ccccc2-c2cc(C)ns2)c(C#N)c(=O)[nH]1. The molecule has 0 saturated carbocycles. The summed E-state index contributed by atoms with van der Waals surface area (Å²) >= 11 is 2.72. The van der Waals surface area contributed by atoms with Gasteiger partial charge in [0, 0.05) is 11.1 Å². The summed E-state index contributed by atoms with van der Waals surface area (Å²) in [4.78, 5) is 20.2. The van der Waals surface area contributed by atoms with Gasteiger partial charge in [0.05, 0.1) is 16.3 Å². The van der Waals surface area contributed by atoms with Crippen molar-refractivity contribution in [1.82, 2.24) is 14.3 Å². The molecule has 0 fully saturated rings. The number of thioether (sulfide) groups is 1. The zero-order valence-electron chi connectivity index (χ0n) is 12.5. The zero-order valence-corrected chi connectivity index (χ0v) is 14.1. The number of aryl methyl sites for hydroxylation is 1. The number of benzene rings is 1. The molecule has 0 atom stereocenters. The lowest BCUT2D eigenvalue weighted by molar-refractivity contribution is 0.938. The number of rotatable bonds is 3. The summed E-state index contributed by atoms with van der Waals surface area (Å²) in [5.41, 5.74) is 2.62. The fourth-order valence-corrected chi connectivity index (χ4v) is 3.41. The first-order valence-corrected chi connectivity index (χ1v) is 8.75. The van der Waals surface area contributed by atoms with Crippen LogP contribution in [0, 0.1) is 18.3 Å². The third kappa shape index (κ3) is 2.91. The Bertz CT molecular complexity index is 969. The minimum absolute atomic E-state index is 0.0245. The van der Waals surface area contributed by atoms with Crippen LogP contribution in [0.5, 0.6) is 0 Å². The van der Waals surface area contributed by atoms with Gasteiger partial charge in [-0.05, 0) is 30.8 Å². The molecule has 0 bridgehead atoms. The van der Waals surface area contributed by atoms with Gasteiger partial charge in [0.1, 0.15) is 11.6 Å². The lowest BCUT2D eigenvalue weighted by Crippen LogP contribution is -2.14. The number of nitrogens with one attached hydrogen (secondary N) is 1. The van der Waals surface area contributed by atoms with Crippen molar-refractivity contribution in [1.29, 1.82) is 5.26 Å². The maximum Gasteiger partial charge on any atom is 0.270 e. The van der Waals surface area contributed by atoms with E-state index in [1.807, 2.05) is 49.6 Å². The molecular formula is C16H12N4OS2. The summed E-state index contributed by atoms with van der Waals surface area (Å²) in [6, 6.07) is 11.6. The summed E-state index contributed by atoms with van der Waals surface area (Å²) < 4.78 is 4.31. The molecule has 0 amide bonds. The number of nitrogens with zero attached hydrogens (tertiary/aromatic N) is 3. The van der Waals surface area contributed by atoms with Gasteiger partial charge in [-0.3, -0.25) is 4.79 Å². The molecule has 0 unspecified atom stereocenters. The highest BCUT2D eigenvalue weighted by molar-refractivity contribution is 7.98. The van der Waals surface area contributed by atoms with Crippen LogP contribution in [-0.2, 0) is 0 Å². The minimum Gasteiger partial charge on any atom is -0.300 e. The van der Waals surface area contributed by atoms with Gasteiger partial charge in [0.25, 0.3) is 5.56 Å². The summed E-state index contributed by atoms with van der Waals surface area (Å²) in [6.45, 7) is 1.93. The van der Waals surface area contributed by atoms with Crippen molar-refractivity contribution in [3.63, 3.8) is 0 Å². The van der Waals surface area contributed by atoms with E-state index in [-0.39, 0.29) is 5.56 Å². The number of hydrogen-bond acceptors (Lipinski definition) is 6. The van der Waals surface area contributed by atoms with Gasteiger partial charge < -0.3 is 4.98 Å². The molecule has 1 N–H and O–H groups in total. The first-order valence-electron chi connectivity index (χ1n) is 6.75. The molecule has 0 aliphatic rings. The molecule has 7 heteroatoms. The minimum atomic E-state index is -0.419. The summed E-state index contributed by atoms with van der Waals surface area (Å²) in [5.74, 6) is 0. The predicted octanol–water partition coefficient (Wildman–Crippen LogP) is 3.46. The van der Waals surface area contributed by atoms with Crippen LogP contribution in [0.15, 0.2) is 40.3 Å². The number of aromatic amines is 1. The molecule has 0 spiro atoms. The van der Waals surface area contributed by atoms with Gasteiger partial charge >= 0.3 is 0 Å². The molecule has 3 rings (SSSR count). The number of nitriles is 1. The lowest BCUT2D eigenvalue weighted by atomic mass is 10.00. The standard InChI is InChI=1S/C16H12N4OS2/c1-9-7-13(23-20-9)10-5-3-4-6-11(10)14-12(8-17)15(21)19-16(18-14)22-2/h3-7H,1-2H3,(H,18,19,21). The van der Waals surface area contributed by atoms with Crippen LogP contribution >= 0.6 is 23.3 Å². The van der Waals surface area contributed by atoms with E-state index in [1.165, 1.54) is 23.3 Å². The maximum absolute atomic E-state index is 12.1. The normalized spacial score (nSPS) is 10.5. The van der Waals surface area contributed by atoms with Crippen molar-refractivity contribution in [3.8, 4) is 27.8 Å². The van der Waals surface area contributed by atoms with E-state index in [0.717, 1.165) is 21.7 Å². The highest BCUT2D eigenvalue weighted by Gasteiger charge is 2.17. The molecule has 0 aliphatic carbocycles. The molecule has 2 aromatic heterocycles. The van der Waals surface area contributed by atoms with Crippen LogP contribution in [0.1, 0.15) is 11.3 Å². The second kappa shape index (κ2) is 6.36. The monoisotopic (exact) mass is 340 g/mol.